The molecule has 0 radical (unpaired) electrons. The van der Waals surface area contributed by atoms with Gasteiger partial charge < -0.3 is 10.1 Å². The Morgan fingerprint density at radius 3 is 2.57 bits per heavy atom. The van der Waals surface area contributed by atoms with Crippen molar-refractivity contribution in [3.05, 3.63) is 83.1 Å². The fraction of sp³-hybridized carbons (Fsp3) is 0.174. The number of ether oxygens (including phenoxy) is 1. The Kier molecular flexibility index (Phi) is 5.81. The number of nitrogens with zero attached hydrogens (tertiary/aromatic N) is 2. The van der Waals surface area contributed by atoms with E-state index in [9.17, 15) is 9.59 Å². The van der Waals surface area contributed by atoms with E-state index < -0.39 is 6.04 Å². The van der Waals surface area contributed by atoms with Gasteiger partial charge in [0.25, 0.3) is 11.8 Å². The third kappa shape index (κ3) is 4.07. The van der Waals surface area contributed by atoms with E-state index in [1.165, 1.54) is 0 Å². The second kappa shape index (κ2) is 8.67. The van der Waals surface area contributed by atoms with E-state index in [1.54, 1.807) is 29.2 Å². The van der Waals surface area contributed by atoms with Crippen molar-refractivity contribution < 1.29 is 18.9 Å². The lowest BCUT2D eigenvalue weighted by molar-refractivity contribution is -0.695. The summed E-state index contributed by atoms with van der Waals surface area (Å²) in [6.45, 7) is 2.67. The Balaban J connectivity index is 1.69. The van der Waals surface area contributed by atoms with Crippen LogP contribution in [0, 0.1) is 0 Å². The zero-order chi connectivity index (χ0) is 21.1. The first kappa shape index (κ1) is 20.1. The van der Waals surface area contributed by atoms with Crippen LogP contribution in [-0.4, -0.2) is 18.4 Å². The Morgan fingerprint density at radius 2 is 1.87 bits per heavy atom. The average Bonchev–Trinajstić information content (AvgIpc) is 2.75. The number of carbonyl (C=O) groups excluding carboxylic acids is 2. The number of hydrogen-bond donors (Lipinski definition) is 1. The number of pyridine rings is 1. The molecule has 3 aromatic rings. The summed E-state index contributed by atoms with van der Waals surface area (Å²) in [5.41, 5.74) is 2.06. The van der Waals surface area contributed by atoms with Crippen molar-refractivity contribution in [2.45, 2.75) is 19.5 Å². The van der Waals surface area contributed by atoms with Crippen LogP contribution in [0.5, 0.6) is 5.75 Å². The first-order valence-electron chi connectivity index (χ1n) is 9.66. The molecule has 1 aliphatic rings. The van der Waals surface area contributed by atoms with Gasteiger partial charge in [0.2, 0.25) is 18.3 Å². The molecular formula is C23H21BrN3O3+. The molecule has 1 atom stereocenters. The van der Waals surface area contributed by atoms with Crippen molar-refractivity contribution in [2.24, 2.45) is 0 Å². The van der Waals surface area contributed by atoms with Crippen LogP contribution in [0.2, 0.25) is 0 Å². The maximum Gasteiger partial charge on any atom is 0.294 e. The van der Waals surface area contributed by atoms with E-state index in [-0.39, 0.29) is 18.4 Å². The van der Waals surface area contributed by atoms with Crippen molar-refractivity contribution in [2.75, 3.05) is 16.8 Å². The van der Waals surface area contributed by atoms with E-state index in [4.69, 9.17) is 4.74 Å². The van der Waals surface area contributed by atoms with Gasteiger partial charge in [0, 0.05) is 28.0 Å². The van der Waals surface area contributed by atoms with Crippen LogP contribution in [0.25, 0.3) is 0 Å². The number of hydrogen-bond acceptors (Lipinski definition) is 3. The van der Waals surface area contributed by atoms with Crippen molar-refractivity contribution >= 4 is 39.1 Å². The molecule has 1 aliphatic heterocycles. The Morgan fingerprint density at radius 1 is 1.13 bits per heavy atom. The minimum atomic E-state index is -0.791. The molecule has 0 spiro atoms. The van der Waals surface area contributed by atoms with Crippen LogP contribution in [0.3, 0.4) is 0 Å². The summed E-state index contributed by atoms with van der Waals surface area (Å²) in [5, 5.41) is 2.94. The predicted octanol–water partition coefficient (Wildman–Crippen LogP) is 3.86. The van der Waals surface area contributed by atoms with E-state index >= 15 is 0 Å². The third-order valence-corrected chi connectivity index (χ3v) is 5.40. The van der Waals surface area contributed by atoms with Gasteiger partial charge in [-0.15, -0.1) is 0 Å². The van der Waals surface area contributed by atoms with Gasteiger partial charge in [-0.05, 0) is 55.5 Å². The van der Waals surface area contributed by atoms with Crippen LogP contribution >= 0.6 is 15.9 Å². The fourth-order valence-corrected chi connectivity index (χ4v) is 3.80. The Labute approximate surface area is 183 Å². The van der Waals surface area contributed by atoms with E-state index in [1.807, 2.05) is 60.2 Å². The molecular weight excluding hydrogens is 446 g/mol. The number of carbonyl (C=O) groups is 2. The highest BCUT2D eigenvalue weighted by Gasteiger charge is 2.43. The first-order chi connectivity index (χ1) is 14.6. The lowest BCUT2D eigenvalue weighted by Gasteiger charge is -2.32. The number of benzene rings is 2. The molecule has 7 heteroatoms. The van der Waals surface area contributed by atoms with Crippen molar-refractivity contribution in [3.63, 3.8) is 0 Å². The standard InChI is InChI=1S/C23H20BrN3O3/c1-2-30-19-12-8-17(9-13-19)25-23(29)22-20-5-3-4-14-26(20)15-21(28)27(22)18-10-6-16(24)7-11-18/h3-14,22H,2,15H2,1H3/p+1. The SMILES string of the molecule is CCOc1ccc(NC(=O)C2c3cccc[n+]3CC(=O)N2c2ccc(Br)cc2)cc1. The summed E-state index contributed by atoms with van der Waals surface area (Å²) < 4.78 is 8.18. The van der Waals surface area contributed by atoms with Gasteiger partial charge in [0.1, 0.15) is 5.75 Å². The molecule has 1 N–H and O–H groups in total. The summed E-state index contributed by atoms with van der Waals surface area (Å²) in [7, 11) is 0. The van der Waals surface area contributed by atoms with Gasteiger partial charge in [-0.25, -0.2) is 0 Å². The minimum absolute atomic E-state index is 0.145. The molecule has 0 bridgehead atoms. The van der Waals surface area contributed by atoms with E-state index in [0.717, 1.165) is 15.9 Å². The van der Waals surface area contributed by atoms with Crippen molar-refractivity contribution in [1.82, 2.24) is 0 Å². The maximum absolute atomic E-state index is 13.4. The summed E-state index contributed by atoms with van der Waals surface area (Å²) in [6, 6.07) is 19.4. The number of amides is 2. The molecule has 0 saturated heterocycles. The topological polar surface area (TPSA) is 62.5 Å². The van der Waals surface area contributed by atoms with Crippen molar-refractivity contribution in [3.8, 4) is 5.75 Å². The maximum atomic E-state index is 13.4. The fourth-order valence-electron chi connectivity index (χ4n) is 3.54. The second-order valence-electron chi connectivity index (χ2n) is 6.84. The molecule has 2 aromatic carbocycles. The zero-order valence-electron chi connectivity index (χ0n) is 16.4. The van der Waals surface area contributed by atoms with Gasteiger partial charge in [-0.3, -0.25) is 14.5 Å². The summed E-state index contributed by atoms with van der Waals surface area (Å²) in [5.74, 6) is 0.309. The normalized spacial score (nSPS) is 15.5. The summed E-state index contributed by atoms with van der Waals surface area (Å²) >= 11 is 3.42. The number of anilines is 2. The molecule has 1 aromatic heterocycles. The van der Waals surface area contributed by atoms with Gasteiger partial charge in [0.15, 0.2) is 6.20 Å². The van der Waals surface area contributed by atoms with E-state index in [0.29, 0.717) is 18.0 Å². The lowest BCUT2D eigenvalue weighted by Crippen LogP contribution is -2.58. The molecule has 2 heterocycles. The lowest BCUT2D eigenvalue weighted by atomic mass is 10.0. The van der Waals surface area contributed by atoms with Gasteiger partial charge in [-0.2, -0.15) is 4.57 Å². The number of halogens is 1. The molecule has 0 saturated carbocycles. The monoisotopic (exact) mass is 466 g/mol. The number of aromatic nitrogens is 1. The van der Waals surface area contributed by atoms with Gasteiger partial charge in [-0.1, -0.05) is 22.0 Å². The molecule has 0 aliphatic carbocycles. The highest BCUT2D eigenvalue weighted by Crippen LogP contribution is 2.31. The van der Waals surface area contributed by atoms with Crippen LogP contribution in [0.1, 0.15) is 18.7 Å². The predicted molar refractivity (Wildman–Crippen MR) is 117 cm³/mol. The highest BCUT2D eigenvalue weighted by molar-refractivity contribution is 9.10. The summed E-state index contributed by atoms with van der Waals surface area (Å²) in [6.07, 6.45) is 1.82. The Hall–Kier alpha value is -3.19. The number of rotatable bonds is 5. The molecule has 0 fully saturated rings. The molecule has 2 amide bonds. The third-order valence-electron chi connectivity index (χ3n) is 4.87. The number of nitrogens with one attached hydrogen (secondary N) is 1. The van der Waals surface area contributed by atoms with Crippen LogP contribution in [-0.2, 0) is 16.1 Å². The molecule has 30 heavy (non-hydrogen) atoms. The number of fused-ring (bicyclic) bond motifs is 1. The van der Waals surface area contributed by atoms with Crippen LogP contribution < -0.4 is 19.5 Å². The molecule has 1 unspecified atom stereocenters. The second-order valence-corrected chi connectivity index (χ2v) is 7.76. The highest BCUT2D eigenvalue weighted by atomic mass is 79.9. The molecule has 152 valence electrons. The Bertz CT molecular complexity index is 1070. The first-order valence-corrected chi connectivity index (χ1v) is 10.5. The van der Waals surface area contributed by atoms with Gasteiger partial charge in [0.05, 0.1) is 6.61 Å². The van der Waals surface area contributed by atoms with Crippen LogP contribution in [0.4, 0.5) is 11.4 Å². The largest absolute Gasteiger partial charge is 0.494 e. The average molecular weight is 467 g/mol. The van der Waals surface area contributed by atoms with Gasteiger partial charge >= 0.3 is 0 Å². The quantitative estimate of drug-likeness (QED) is 0.580. The van der Waals surface area contributed by atoms with E-state index in [2.05, 4.69) is 21.2 Å². The van der Waals surface area contributed by atoms with Crippen LogP contribution in [0.15, 0.2) is 77.4 Å². The molecule has 4 rings (SSSR count). The zero-order valence-corrected chi connectivity index (χ0v) is 18.0. The minimum Gasteiger partial charge on any atom is -0.494 e. The van der Waals surface area contributed by atoms with Crippen molar-refractivity contribution in [1.29, 1.82) is 0 Å². The smallest absolute Gasteiger partial charge is 0.294 e. The molecule has 6 nitrogen and oxygen atoms in total. The summed E-state index contributed by atoms with van der Waals surface area (Å²) in [4.78, 5) is 28.0.